The summed E-state index contributed by atoms with van der Waals surface area (Å²) in [5, 5.41) is 0. The van der Waals surface area contributed by atoms with Crippen molar-refractivity contribution in [1.29, 1.82) is 0 Å². The molecule has 1 atom stereocenters. The first-order valence-corrected chi connectivity index (χ1v) is 9.84. The molecule has 5 nitrogen and oxygen atoms in total. The first kappa shape index (κ1) is 19.4. The quantitative estimate of drug-likeness (QED) is 0.632. The summed E-state index contributed by atoms with van der Waals surface area (Å²) in [5.74, 6) is 1.47. The molecule has 150 valence electrons. The lowest BCUT2D eigenvalue weighted by Gasteiger charge is -2.35. The van der Waals surface area contributed by atoms with E-state index in [0.717, 1.165) is 48.9 Å². The second kappa shape index (κ2) is 9.07. The number of morpholine rings is 1. The molecule has 0 saturated carbocycles. The lowest BCUT2D eigenvalue weighted by Crippen LogP contribution is -2.39. The van der Waals surface area contributed by atoms with Crippen LogP contribution in [0, 0.1) is 0 Å². The molecule has 0 N–H and O–H groups in total. The average Bonchev–Trinajstić information content (AvgIpc) is 2.81. The van der Waals surface area contributed by atoms with Crippen LogP contribution >= 0.6 is 0 Å². The Hall–Kier alpha value is -2.89. The summed E-state index contributed by atoms with van der Waals surface area (Å²) >= 11 is 0. The van der Waals surface area contributed by atoms with Crippen LogP contribution in [-0.4, -0.2) is 50.4 Å². The number of hydrogen-bond donors (Lipinski definition) is 0. The number of pyridine rings is 1. The minimum absolute atomic E-state index is 0.196. The van der Waals surface area contributed by atoms with Gasteiger partial charge in [-0.05, 0) is 46.5 Å². The molecule has 0 amide bonds. The van der Waals surface area contributed by atoms with Crippen LogP contribution in [0.15, 0.2) is 67.0 Å². The van der Waals surface area contributed by atoms with Crippen molar-refractivity contribution >= 4 is 0 Å². The average molecular weight is 390 g/mol. The van der Waals surface area contributed by atoms with E-state index >= 15 is 0 Å². The first-order chi connectivity index (χ1) is 14.3. The maximum atomic E-state index is 5.56. The zero-order valence-corrected chi connectivity index (χ0v) is 16.9. The summed E-state index contributed by atoms with van der Waals surface area (Å²) in [7, 11) is 3.31. The van der Waals surface area contributed by atoms with E-state index in [4.69, 9.17) is 14.2 Å². The van der Waals surface area contributed by atoms with Gasteiger partial charge < -0.3 is 14.2 Å². The van der Waals surface area contributed by atoms with Gasteiger partial charge in [-0.15, -0.1) is 0 Å². The molecule has 3 aromatic rings. The van der Waals surface area contributed by atoms with Gasteiger partial charge in [0.2, 0.25) is 0 Å². The predicted octanol–water partition coefficient (Wildman–Crippen LogP) is 4.19. The van der Waals surface area contributed by atoms with E-state index in [1.165, 1.54) is 11.1 Å². The molecule has 0 spiro atoms. The lowest BCUT2D eigenvalue weighted by atomic mass is 9.95. The van der Waals surface area contributed by atoms with E-state index in [9.17, 15) is 0 Å². The Morgan fingerprint density at radius 2 is 1.41 bits per heavy atom. The van der Waals surface area contributed by atoms with Crippen molar-refractivity contribution in [1.82, 2.24) is 9.88 Å². The topological polar surface area (TPSA) is 43.8 Å². The molecule has 1 aliphatic heterocycles. The lowest BCUT2D eigenvalue weighted by molar-refractivity contribution is 0.0239. The number of aromatic nitrogens is 1. The van der Waals surface area contributed by atoms with Crippen LogP contribution in [0.4, 0.5) is 0 Å². The standard InChI is InChI=1S/C24H26N2O3/c1-27-22-8-7-21(17-23(22)28-2)18-3-5-19(6-4-18)24(20-9-11-25-12-10-20)26-13-15-29-16-14-26/h3-12,17,24H,13-16H2,1-2H3. The third kappa shape index (κ3) is 4.26. The van der Waals surface area contributed by atoms with Gasteiger partial charge in [0.15, 0.2) is 11.5 Å². The molecule has 2 heterocycles. The highest BCUT2D eigenvalue weighted by Crippen LogP contribution is 2.34. The fourth-order valence-electron chi connectivity index (χ4n) is 3.87. The molecule has 4 rings (SSSR count). The Morgan fingerprint density at radius 3 is 2.07 bits per heavy atom. The highest BCUT2D eigenvalue weighted by molar-refractivity contribution is 5.67. The van der Waals surface area contributed by atoms with Crippen LogP contribution in [0.2, 0.25) is 0 Å². The number of rotatable bonds is 6. The Morgan fingerprint density at radius 1 is 0.793 bits per heavy atom. The van der Waals surface area contributed by atoms with Crippen LogP contribution in [-0.2, 0) is 4.74 Å². The third-order valence-corrected chi connectivity index (χ3v) is 5.38. The fourth-order valence-corrected chi connectivity index (χ4v) is 3.87. The van der Waals surface area contributed by atoms with E-state index in [-0.39, 0.29) is 6.04 Å². The molecule has 0 bridgehead atoms. The molecule has 0 aliphatic carbocycles. The SMILES string of the molecule is COc1ccc(-c2ccc(C(c3ccncc3)N3CCOCC3)cc2)cc1OC. The van der Waals surface area contributed by atoms with Gasteiger partial charge in [-0.3, -0.25) is 9.88 Å². The number of nitrogens with zero attached hydrogens (tertiary/aromatic N) is 2. The van der Waals surface area contributed by atoms with E-state index in [1.807, 2.05) is 24.5 Å². The molecule has 5 heteroatoms. The Balaban J connectivity index is 1.65. The zero-order chi connectivity index (χ0) is 20.1. The molecule has 1 aliphatic rings. The van der Waals surface area contributed by atoms with E-state index < -0.39 is 0 Å². The van der Waals surface area contributed by atoms with Crippen LogP contribution in [0.1, 0.15) is 17.2 Å². The van der Waals surface area contributed by atoms with Gasteiger partial charge >= 0.3 is 0 Å². The fraction of sp³-hybridized carbons (Fsp3) is 0.292. The largest absolute Gasteiger partial charge is 0.493 e. The highest BCUT2D eigenvalue weighted by Gasteiger charge is 2.24. The van der Waals surface area contributed by atoms with Crippen molar-refractivity contribution in [2.45, 2.75) is 6.04 Å². The molecular weight excluding hydrogens is 364 g/mol. The number of ether oxygens (including phenoxy) is 3. The Labute approximate surface area is 171 Å². The Kier molecular flexibility index (Phi) is 6.08. The summed E-state index contributed by atoms with van der Waals surface area (Å²) in [6.07, 6.45) is 3.72. The third-order valence-electron chi connectivity index (χ3n) is 5.38. The first-order valence-electron chi connectivity index (χ1n) is 9.84. The monoisotopic (exact) mass is 390 g/mol. The molecule has 1 saturated heterocycles. The van der Waals surface area contributed by atoms with Crippen LogP contribution in [0.3, 0.4) is 0 Å². The highest BCUT2D eigenvalue weighted by atomic mass is 16.5. The van der Waals surface area contributed by atoms with Crippen LogP contribution in [0.5, 0.6) is 11.5 Å². The van der Waals surface area contributed by atoms with Crippen molar-refractivity contribution in [3.63, 3.8) is 0 Å². The van der Waals surface area contributed by atoms with E-state index in [2.05, 4.69) is 52.3 Å². The predicted molar refractivity (Wildman–Crippen MR) is 113 cm³/mol. The minimum Gasteiger partial charge on any atom is -0.493 e. The van der Waals surface area contributed by atoms with Crippen LogP contribution in [0.25, 0.3) is 11.1 Å². The molecule has 1 unspecified atom stereocenters. The number of methoxy groups -OCH3 is 2. The van der Waals surface area contributed by atoms with Gasteiger partial charge in [0.05, 0.1) is 33.5 Å². The summed E-state index contributed by atoms with van der Waals surface area (Å²) in [4.78, 5) is 6.66. The molecule has 2 aromatic carbocycles. The summed E-state index contributed by atoms with van der Waals surface area (Å²) in [6, 6.07) is 19.2. The van der Waals surface area contributed by atoms with Crippen molar-refractivity contribution in [2.75, 3.05) is 40.5 Å². The molecule has 1 aromatic heterocycles. The van der Waals surface area contributed by atoms with Crippen LogP contribution < -0.4 is 9.47 Å². The molecule has 29 heavy (non-hydrogen) atoms. The summed E-state index contributed by atoms with van der Waals surface area (Å²) in [6.45, 7) is 3.38. The molecule has 1 fully saturated rings. The van der Waals surface area contributed by atoms with Gasteiger partial charge in [0, 0.05) is 25.5 Å². The number of benzene rings is 2. The smallest absolute Gasteiger partial charge is 0.161 e. The molecule has 0 radical (unpaired) electrons. The zero-order valence-electron chi connectivity index (χ0n) is 16.9. The normalized spacial score (nSPS) is 15.7. The van der Waals surface area contributed by atoms with Crippen molar-refractivity contribution in [3.8, 4) is 22.6 Å². The second-order valence-electron chi connectivity index (χ2n) is 7.02. The minimum atomic E-state index is 0.196. The maximum absolute atomic E-state index is 5.56. The summed E-state index contributed by atoms with van der Waals surface area (Å²) in [5.41, 5.74) is 4.76. The summed E-state index contributed by atoms with van der Waals surface area (Å²) < 4.78 is 16.4. The number of hydrogen-bond acceptors (Lipinski definition) is 5. The van der Waals surface area contributed by atoms with Gasteiger partial charge in [-0.25, -0.2) is 0 Å². The van der Waals surface area contributed by atoms with Gasteiger partial charge in [0.1, 0.15) is 0 Å². The van der Waals surface area contributed by atoms with Gasteiger partial charge in [0.25, 0.3) is 0 Å². The van der Waals surface area contributed by atoms with Crippen molar-refractivity contribution in [3.05, 3.63) is 78.1 Å². The second-order valence-corrected chi connectivity index (χ2v) is 7.02. The molecular formula is C24H26N2O3. The van der Waals surface area contributed by atoms with E-state index in [0.29, 0.717) is 0 Å². The maximum Gasteiger partial charge on any atom is 0.161 e. The van der Waals surface area contributed by atoms with Gasteiger partial charge in [-0.1, -0.05) is 30.3 Å². The Bertz CT molecular complexity index is 923. The van der Waals surface area contributed by atoms with E-state index in [1.54, 1.807) is 14.2 Å². The van der Waals surface area contributed by atoms with Crippen molar-refractivity contribution < 1.29 is 14.2 Å². The van der Waals surface area contributed by atoms with Gasteiger partial charge in [-0.2, -0.15) is 0 Å². The van der Waals surface area contributed by atoms with Crippen molar-refractivity contribution in [2.24, 2.45) is 0 Å².